The number of carbonyl (C=O) groups excluding carboxylic acids is 1. The quantitative estimate of drug-likeness (QED) is 0.401. The highest BCUT2D eigenvalue weighted by molar-refractivity contribution is 9.10. The van der Waals surface area contributed by atoms with Crippen LogP contribution in [-0.4, -0.2) is 33.1 Å². The first-order valence-electron chi connectivity index (χ1n) is 9.33. The molecule has 1 amide bonds. The summed E-state index contributed by atoms with van der Waals surface area (Å²) in [5, 5.41) is 14.9. The van der Waals surface area contributed by atoms with Gasteiger partial charge in [-0.1, -0.05) is 34.1 Å². The van der Waals surface area contributed by atoms with Crippen LogP contribution in [0.2, 0.25) is 0 Å². The fourth-order valence-corrected chi connectivity index (χ4v) is 3.95. The number of benzene rings is 3. The van der Waals surface area contributed by atoms with Gasteiger partial charge in [-0.05, 0) is 67.2 Å². The number of hydrogen-bond acceptors (Lipinski definition) is 5. The van der Waals surface area contributed by atoms with Crippen molar-refractivity contribution in [2.45, 2.75) is 6.92 Å². The number of aryl methyl sites for hydroxylation is 1. The van der Waals surface area contributed by atoms with Gasteiger partial charge in [0.15, 0.2) is 5.11 Å². The molecule has 0 atom stereocenters. The van der Waals surface area contributed by atoms with E-state index in [-0.39, 0.29) is 11.0 Å². The number of methoxy groups -OCH3 is 1. The largest absolute Gasteiger partial charge is 0.496 e. The predicted octanol–water partition coefficient (Wildman–Crippen LogP) is 4.63. The van der Waals surface area contributed by atoms with Gasteiger partial charge in [-0.3, -0.25) is 10.1 Å². The molecule has 0 saturated carbocycles. The van der Waals surface area contributed by atoms with Gasteiger partial charge in [0.25, 0.3) is 5.91 Å². The molecule has 3 aromatic carbocycles. The Morgan fingerprint density at radius 1 is 1.06 bits per heavy atom. The summed E-state index contributed by atoms with van der Waals surface area (Å²) in [6.45, 7) is 1.87. The summed E-state index contributed by atoms with van der Waals surface area (Å²) in [6.07, 6.45) is 0. The van der Waals surface area contributed by atoms with Crippen LogP contribution in [0.25, 0.3) is 16.7 Å². The Hall–Kier alpha value is -3.30. The van der Waals surface area contributed by atoms with Gasteiger partial charge in [-0.2, -0.15) is 4.80 Å². The molecule has 0 fully saturated rings. The molecule has 7 nitrogen and oxygen atoms in total. The molecule has 0 aliphatic heterocycles. The number of nitrogens with one attached hydrogen (secondary N) is 2. The van der Waals surface area contributed by atoms with Gasteiger partial charge in [0.05, 0.1) is 18.4 Å². The van der Waals surface area contributed by atoms with Gasteiger partial charge in [0, 0.05) is 10.2 Å². The first-order valence-corrected chi connectivity index (χ1v) is 10.5. The standard InChI is InChI=1S/C22H18BrN5O2S/c1-13-10-14(23)11-17(20(13)30-2)21(29)25-22(31)24-15-8-9-18-19(12-15)27-28(26-18)16-6-4-3-5-7-16/h3-12H,1-2H3,(H2,24,25,29,31). The monoisotopic (exact) mass is 495 g/mol. The number of anilines is 1. The molecular formula is C22H18BrN5O2S. The number of fused-ring (bicyclic) bond motifs is 1. The van der Waals surface area contributed by atoms with E-state index in [2.05, 4.69) is 36.8 Å². The Kier molecular flexibility index (Phi) is 5.97. The van der Waals surface area contributed by atoms with Crippen LogP contribution in [-0.2, 0) is 0 Å². The van der Waals surface area contributed by atoms with E-state index in [0.29, 0.717) is 22.5 Å². The summed E-state index contributed by atoms with van der Waals surface area (Å²) in [5.74, 6) is 0.136. The molecule has 2 N–H and O–H groups in total. The molecule has 31 heavy (non-hydrogen) atoms. The van der Waals surface area contributed by atoms with Crippen molar-refractivity contribution in [1.29, 1.82) is 0 Å². The highest BCUT2D eigenvalue weighted by atomic mass is 79.9. The molecule has 1 heterocycles. The zero-order chi connectivity index (χ0) is 22.0. The van der Waals surface area contributed by atoms with Crippen molar-refractivity contribution in [3.05, 3.63) is 76.3 Å². The molecule has 0 bridgehead atoms. The highest BCUT2D eigenvalue weighted by Crippen LogP contribution is 2.27. The van der Waals surface area contributed by atoms with Crippen LogP contribution in [0.4, 0.5) is 5.69 Å². The third-order valence-corrected chi connectivity index (χ3v) is 5.20. The molecular weight excluding hydrogens is 478 g/mol. The zero-order valence-electron chi connectivity index (χ0n) is 16.7. The summed E-state index contributed by atoms with van der Waals surface area (Å²) in [5.41, 5.74) is 4.24. The lowest BCUT2D eigenvalue weighted by Crippen LogP contribution is -2.34. The van der Waals surface area contributed by atoms with Crippen LogP contribution < -0.4 is 15.4 Å². The minimum atomic E-state index is -0.366. The molecule has 156 valence electrons. The number of aromatic nitrogens is 3. The Balaban J connectivity index is 1.50. The molecule has 0 unspecified atom stereocenters. The Labute approximate surface area is 192 Å². The van der Waals surface area contributed by atoms with Crippen molar-refractivity contribution >= 4 is 55.9 Å². The van der Waals surface area contributed by atoms with Crippen molar-refractivity contribution in [1.82, 2.24) is 20.3 Å². The van der Waals surface area contributed by atoms with E-state index in [0.717, 1.165) is 21.2 Å². The number of ether oxygens (including phenoxy) is 1. The van der Waals surface area contributed by atoms with E-state index in [4.69, 9.17) is 17.0 Å². The minimum absolute atomic E-state index is 0.166. The van der Waals surface area contributed by atoms with Gasteiger partial charge in [-0.15, -0.1) is 10.2 Å². The maximum Gasteiger partial charge on any atom is 0.261 e. The fraction of sp³-hybridized carbons (Fsp3) is 0.0909. The summed E-state index contributed by atoms with van der Waals surface area (Å²) < 4.78 is 6.16. The number of carbonyl (C=O) groups is 1. The van der Waals surface area contributed by atoms with E-state index >= 15 is 0 Å². The normalized spacial score (nSPS) is 10.7. The Bertz CT molecular complexity index is 1290. The lowest BCUT2D eigenvalue weighted by Gasteiger charge is -2.13. The number of halogens is 1. The molecule has 0 radical (unpaired) electrons. The second kappa shape index (κ2) is 8.83. The van der Waals surface area contributed by atoms with Crippen LogP contribution in [0.1, 0.15) is 15.9 Å². The third-order valence-electron chi connectivity index (χ3n) is 4.54. The molecule has 4 rings (SSSR count). The lowest BCUT2D eigenvalue weighted by atomic mass is 10.1. The van der Waals surface area contributed by atoms with Gasteiger partial charge in [0.1, 0.15) is 16.8 Å². The molecule has 9 heteroatoms. The number of para-hydroxylation sites is 1. The van der Waals surface area contributed by atoms with E-state index in [9.17, 15) is 4.79 Å². The van der Waals surface area contributed by atoms with Crippen LogP contribution in [0, 0.1) is 6.92 Å². The third kappa shape index (κ3) is 4.57. The lowest BCUT2D eigenvalue weighted by molar-refractivity contribution is 0.0974. The van der Waals surface area contributed by atoms with E-state index < -0.39 is 0 Å². The molecule has 1 aromatic heterocycles. The average Bonchev–Trinajstić information content (AvgIpc) is 3.17. The van der Waals surface area contributed by atoms with Crippen LogP contribution in [0.5, 0.6) is 5.75 Å². The van der Waals surface area contributed by atoms with Crippen LogP contribution in [0.15, 0.2) is 65.1 Å². The number of rotatable bonds is 4. The highest BCUT2D eigenvalue weighted by Gasteiger charge is 2.17. The number of thiocarbonyl (C=S) groups is 1. The molecule has 0 saturated heterocycles. The maximum atomic E-state index is 12.7. The summed E-state index contributed by atoms with van der Waals surface area (Å²) in [6, 6.07) is 18.7. The summed E-state index contributed by atoms with van der Waals surface area (Å²) in [4.78, 5) is 14.3. The van der Waals surface area contributed by atoms with Crippen molar-refractivity contribution in [3.8, 4) is 11.4 Å². The van der Waals surface area contributed by atoms with Crippen molar-refractivity contribution in [2.75, 3.05) is 12.4 Å². The molecule has 4 aromatic rings. The molecule has 0 spiro atoms. The molecule has 0 aliphatic rings. The first-order chi connectivity index (χ1) is 14.9. The van der Waals surface area contributed by atoms with Crippen molar-refractivity contribution < 1.29 is 9.53 Å². The number of hydrogen-bond donors (Lipinski definition) is 2. The summed E-state index contributed by atoms with van der Waals surface area (Å²) in [7, 11) is 1.53. The Morgan fingerprint density at radius 3 is 2.55 bits per heavy atom. The first kappa shape index (κ1) is 21.0. The fourth-order valence-electron chi connectivity index (χ4n) is 3.17. The molecule has 0 aliphatic carbocycles. The van der Waals surface area contributed by atoms with Crippen molar-refractivity contribution in [3.63, 3.8) is 0 Å². The zero-order valence-corrected chi connectivity index (χ0v) is 19.1. The van der Waals surface area contributed by atoms with Crippen LogP contribution in [0.3, 0.4) is 0 Å². The van der Waals surface area contributed by atoms with Gasteiger partial charge in [-0.25, -0.2) is 0 Å². The van der Waals surface area contributed by atoms with Crippen molar-refractivity contribution in [2.24, 2.45) is 0 Å². The van der Waals surface area contributed by atoms with Gasteiger partial charge >= 0.3 is 0 Å². The maximum absolute atomic E-state index is 12.7. The van der Waals surface area contributed by atoms with E-state index in [1.54, 1.807) is 10.9 Å². The second-order valence-electron chi connectivity index (χ2n) is 6.74. The number of nitrogens with zero attached hydrogens (tertiary/aromatic N) is 3. The van der Waals surface area contributed by atoms with Gasteiger partial charge in [0.2, 0.25) is 0 Å². The predicted molar refractivity (Wildman–Crippen MR) is 128 cm³/mol. The minimum Gasteiger partial charge on any atom is -0.496 e. The second-order valence-corrected chi connectivity index (χ2v) is 8.06. The van der Waals surface area contributed by atoms with E-state index in [1.165, 1.54) is 7.11 Å². The topological polar surface area (TPSA) is 81.1 Å². The number of amides is 1. The average molecular weight is 496 g/mol. The smallest absolute Gasteiger partial charge is 0.261 e. The van der Waals surface area contributed by atoms with Gasteiger partial charge < -0.3 is 10.1 Å². The Morgan fingerprint density at radius 2 is 1.81 bits per heavy atom. The summed E-state index contributed by atoms with van der Waals surface area (Å²) >= 11 is 8.73. The van der Waals surface area contributed by atoms with Crippen LogP contribution >= 0.6 is 28.1 Å². The SMILES string of the molecule is COc1c(C)cc(Br)cc1C(=O)NC(=S)Nc1ccc2nn(-c3ccccc3)nc2c1. The van der Waals surface area contributed by atoms with E-state index in [1.807, 2.05) is 61.5 Å².